The van der Waals surface area contributed by atoms with Crippen molar-refractivity contribution in [2.24, 2.45) is 68.3 Å². The Morgan fingerprint density at radius 3 is 2.37 bits per heavy atom. The largest absolute Gasteiger partial charge is 0.481 e. The van der Waals surface area contributed by atoms with E-state index < -0.39 is 11.9 Å². The SMILES string of the molecule is CC(=O)O[C@@H]1C[C@@]23COC[C@@](C)([C@@H]2CC[C@H]2C3=CC[C@@]3(C)[C@H](C(=O)O)[C@@](C)([C@H](C)C(C)C)CC[C@]23C)[C@H]1OCC(C)CN. The summed E-state index contributed by atoms with van der Waals surface area (Å²) in [5, 5.41) is 10.9. The number of carbonyl (C=O) groups excluding carboxylic acids is 1. The van der Waals surface area contributed by atoms with Crippen LogP contribution in [0.2, 0.25) is 0 Å². The zero-order valence-corrected chi connectivity index (χ0v) is 28.3. The van der Waals surface area contributed by atoms with Crippen LogP contribution in [0.1, 0.15) is 101 Å². The highest BCUT2D eigenvalue weighted by atomic mass is 16.6. The van der Waals surface area contributed by atoms with E-state index in [4.69, 9.17) is 19.9 Å². The van der Waals surface area contributed by atoms with Crippen LogP contribution in [0.3, 0.4) is 0 Å². The van der Waals surface area contributed by atoms with E-state index in [9.17, 15) is 14.7 Å². The van der Waals surface area contributed by atoms with Gasteiger partial charge in [-0.05, 0) is 90.9 Å². The van der Waals surface area contributed by atoms with E-state index in [2.05, 4.69) is 61.5 Å². The second kappa shape index (κ2) is 11.1. The first-order valence-corrected chi connectivity index (χ1v) is 17.0. The molecule has 1 aliphatic heterocycles. The Kier molecular flexibility index (Phi) is 8.52. The molecule has 3 N–H and O–H groups in total. The molecule has 1 unspecified atom stereocenters. The highest BCUT2D eigenvalue weighted by Crippen LogP contribution is 2.75. The third kappa shape index (κ3) is 4.68. The molecule has 5 rings (SSSR count). The molecule has 0 spiro atoms. The fourth-order valence-electron chi connectivity index (χ4n) is 11.5. The number of hydrogen-bond acceptors (Lipinski definition) is 6. The molecule has 2 bridgehead atoms. The molecular formula is C36H59NO6. The van der Waals surface area contributed by atoms with Gasteiger partial charge in [0.15, 0.2) is 0 Å². The Balaban J connectivity index is 1.58. The van der Waals surface area contributed by atoms with E-state index in [0.29, 0.717) is 50.5 Å². The van der Waals surface area contributed by atoms with Gasteiger partial charge >= 0.3 is 11.9 Å². The summed E-state index contributed by atoms with van der Waals surface area (Å²) < 4.78 is 19.3. The monoisotopic (exact) mass is 601 g/mol. The first-order chi connectivity index (χ1) is 20.0. The molecule has 0 radical (unpaired) electrons. The Hall–Kier alpha value is -1.44. The normalized spacial score (nSPS) is 47.0. The average molecular weight is 602 g/mol. The van der Waals surface area contributed by atoms with E-state index in [1.165, 1.54) is 12.5 Å². The number of carboxylic acid groups (broad SMARTS) is 1. The zero-order chi connectivity index (χ0) is 31.8. The van der Waals surface area contributed by atoms with Gasteiger partial charge in [0, 0.05) is 17.8 Å². The quantitative estimate of drug-likeness (QED) is 0.242. The van der Waals surface area contributed by atoms with Gasteiger partial charge in [-0.1, -0.05) is 67.0 Å². The number of carbonyl (C=O) groups is 2. The summed E-state index contributed by atoms with van der Waals surface area (Å²) in [7, 11) is 0. The third-order valence-electron chi connectivity index (χ3n) is 14.3. The Bertz CT molecular complexity index is 1140. The molecule has 4 fully saturated rings. The van der Waals surface area contributed by atoms with Crippen molar-refractivity contribution >= 4 is 11.9 Å². The smallest absolute Gasteiger partial charge is 0.307 e. The van der Waals surface area contributed by atoms with E-state index in [-0.39, 0.29) is 57.1 Å². The summed E-state index contributed by atoms with van der Waals surface area (Å²) in [5.74, 6) is 0.237. The fourth-order valence-corrected chi connectivity index (χ4v) is 11.5. The van der Waals surface area contributed by atoms with E-state index in [1.807, 2.05) is 0 Å². The number of hydrogen-bond donors (Lipinski definition) is 2. The maximum absolute atomic E-state index is 13.3. The maximum Gasteiger partial charge on any atom is 0.307 e. The lowest BCUT2D eigenvalue weighted by atomic mass is 9.34. The summed E-state index contributed by atoms with van der Waals surface area (Å²) in [4.78, 5) is 25.8. The summed E-state index contributed by atoms with van der Waals surface area (Å²) in [6.07, 6.45) is 7.32. The van der Waals surface area contributed by atoms with E-state index in [0.717, 1.165) is 32.1 Å². The highest BCUT2D eigenvalue weighted by Gasteiger charge is 2.72. The molecule has 43 heavy (non-hydrogen) atoms. The lowest BCUT2D eigenvalue weighted by Crippen LogP contribution is -2.70. The molecule has 4 aliphatic carbocycles. The second-order valence-corrected chi connectivity index (χ2v) is 16.8. The van der Waals surface area contributed by atoms with Gasteiger partial charge < -0.3 is 25.1 Å². The molecule has 0 aromatic carbocycles. The van der Waals surface area contributed by atoms with Crippen LogP contribution in [0.25, 0.3) is 0 Å². The highest BCUT2D eigenvalue weighted by molar-refractivity contribution is 5.73. The molecule has 0 amide bonds. The van der Waals surface area contributed by atoms with Crippen molar-refractivity contribution in [1.29, 1.82) is 0 Å². The molecule has 1 saturated heterocycles. The van der Waals surface area contributed by atoms with Crippen molar-refractivity contribution < 1.29 is 28.9 Å². The summed E-state index contributed by atoms with van der Waals surface area (Å²) in [5.41, 5.74) is 6.06. The molecule has 244 valence electrons. The summed E-state index contributed by atoms with van der Waals surface area (Å²) >= 11 is 0. The zero-order valence-electron chi connectivity index (χ0n) is 28.3. The predicted molar refractivity (Wildman–Crippen MR) is 167 cm³/mol. The molecule has 0 aromatic heterocycles. The Morgan fingerprint density at radius 2 is 1.77 bits per heavy atom. The first kappa shape index (κ1) is 32.9. The van der Waals surface area contributed by atoms with Crippen LogP contribution in [0.15, 0.2) is 11.6 Å². The van der Waals surface area contributed by atoms with Crippen LogP contribution in [0.5, 0.6) is 0 Å². The number of esters is 1. The molecular weight excluding hydrogens is 542 g/mol. The Labute approximate surface area is 260 Å². The van der Waals surface area contributed by atoms with Gasteiger partial charge in [-0.3, -0.25) is 9.59 Å². The number of ether oxygens (including phenoxy) is 3. The van der Waals surface area contributed by atoms with Gasteiger partial charge in [-0.25, -0.2) is 0 Å². The van der Waals surface area contributed by atoms with Gasteiger partial charge in [0.2, 0.25) is 0 Å². The number of carboxylic acids is 1. The van der Waals surface area contributed by atoms with Crippen molar-refractivity contribution in [2.75, 3.05) is 26.4 Å². The average Bonchev–Trinajstić information content (AvgIpc) is 2.92. The van der Waals surface area contributed by atoms with Gasteiger partial charge in [-0.15, -0.1) is 0 Å². The second-order valence-electron chi connectivity index (χ2n) is 16.8. The number of allylic oxidation sites excluding steroid dienone is 1. The van der Waals surface area contributed by atoms with E-state index >= 15 is 0 Å². The molecule has 7 nitrogen and oxygen atoms in total. The molecule has 0 aromatic rings. The molecule has 12 atom stereocenters. The van der Waals surface area contributed by atoms with Crippen LogP contribution in [0.4, 0.5) is 0 Å². The lowest BCUT2D eigenvalue weighted by Gasteiger charge is -2.71. The van der Waals surface area contributed by atoms with Gasteiger partial charge in [-0.2, -0.15) is 0 Å². The van der Waals surface area contributed by atoms with Crippen LogP contribution in [-0.2, 0) is 23.8 Å². The van der Waals surface area contributed by atoms with Crippen molar-refractivity contribution in [1.82, 2.24) is 0 Å². The number of fused-ring (bicyclic) bond motifs is 3. The van der Waals surface area contributed by atoms with Crippen LogP contribution in [0, 0.1) is 62.6 Å². The van der Waals surface area contributed by atoms with Crippen LogP contribution < -0.4 is 5.73 Å². The van der Waals surface area contributed by atoms with Crippen LogP contribution in [-0.4, -0.2) is 55.6 Å². The summed E-state index contributed by atoms with van der Waals surface area (Å²) in [6, 6.07) is 0. The maximum atomic E-state index is 13.3. The molecule has 1 heterocycles. The minimum absolute atomic E-state index is 0.148. The minimum atomic E-state index is -0.639. The molecule has 5 aliphatic rings. The van der Waals surface area contributed by atoms with E-state index in [1.54, 1.807) is 0 Å². The lowest BCUT2D eigenvalue weighted by molar-refractivity contribution is -0.268. The van der Waals surface area contributed by atoms with Crippen molar-refractivity contribution in [3.8, 4) is 0 Å². The van der Waals surface area contributed by atoms with Gasteiger partial charge in [0.1, 0.15) is 12.2 Å². The van der Waals surface area contributed by atoms with Gasteiger partial charge in [0.25, 0.3) is 0 Å². The molecule has 3 saturated carbocycles. The third-order valence-corrected chi connectivity index (χ3v) is 14.3. The predicted octanol–water partition coefficient (Wildman–Crippen LogP) is 6.49. The van der Waals surface area contributed by atoms with Crippen molar-refractivity contribution in [3.05, 3.63) is 11.6 Å². The number of rotatable bonds is 8. The van der Waals surface area contributed by atoms with Crippen molar-refractivity contribution in [2.45, 2.75) is 113 Å². The van der Waals surface area contributed by atoms with Gasteiger partial charge in [0.05, 0.1) is 25.7 Å². The fraction of sp³-hybridized carbons (Fsp3) is 0.889. The van der Waals surface area contributed by atoms with Crippen molar-refractivity contribution in [3.63, 3.8) is 0 Å². The number of nitrogens with two attached hydrogens (primary N) is 1. The van der Waals surface area contributed by atoms with Crippen LogP contribution >= 0.6 is 0 Å². The molecule has 7 heteroatoms. The summed E-state index contributed by atoms with van der Waals surface area (Å²) in [6.45, 7) is 21.8. The Morgan fingerprint density at radius 1 is 1.07 bits per heavy atom. The minimum Gasteiger partial charge on any atom is -0.481 e. The standard InChI is InChI=1S/C36H59NO6/c1-21(2)23(4)32(6)14-15-34(8)25-10-11-28-33(7)19-41-20-36(28,26(25)12-13-35(34,9)29(32)31(39)40)16-27(43-24(5)38)30(33)42-18-22(3)17-37/h12,21-23,25,27-30H,10-11,13-20,37H2,1-9H3,(H,39,40)/t22?,23-,25+,27-,28+,29-,30+,32-,33+,34-,35+,36+/m1/s1. The first-order valence-electron chi connectivity index (χ1n) is 17.0. The topological polar surface area (TPSA) is 108 Å². The number of aliphatic carboxylic acids is 1.